The van der Waals surface area contributed by atoms with Gasteiger partial charge >= 0.3 is 0 Å². The van der Waals surface area contributed by atoms with Gasteiger partial charge in [-0.1, -0.05) is 12.1 Å². The smallest absolute Gasteiger partial charge is 0.191 e. The highest BCUT2D eigenvalue weighted by Gasteiger charge is 2.17. The average Bonchev–Trinajstić information content (AvgIpc) is 3.35. The van der Waals surface area contributed by atoms with E-state index in [2.05, 4.69) is 47.8 Å². The molecule has 0 spiro atoms. The maximum Gasteiger partial charge on any atom is 0.191 e. The Kier molecular flexibility index (Phi) is 9.72. The topological polar surface area (TPSA) is 72.7 Å². The SMILES string of the molecule is CCNC(=NCc1ccc(C)cc1OCC1CCCO1)NCc1ccnn1C.I. The maximum atomic E-state index is 6.08. The van der Waals surface area contributed by atoms with Gasteiger partial charge in [-0.05, 0) is 44.4 Å². The zero-order valence-electron chi connectivity index (χ0n) is 17.5. The van der Waals surface area contributed by atoms with E-state index in [1.165, 1.54) is 5.56 Å². The molecule has 2 heterocycles. The van der Waals surface area contributed by atoms with Crippen molar-refractivity contribution in [2.45, 2.75) is 45.9 Å². The molecule has 1 aliphatic rings. The summed E-state index contributed by atoms with van der Waals surface area (Å²) in [5.41, 5.74) is 3.35. The lowest BCUT2D eigenvalue weighted by Crippen LogP contribution is -2.37. The Balaban J connectivity index is 0.00000300. The standard InChI is InChI=1S/C21H31N5O2.HI/c1-4-22-21(24-14-18-9-10-25-26(18)3)23-13-17-8-7-16(2)12-20(17)28-15-19-6-5-11-27-19;/h7-10,12,19H,4-6,11,13-15H2,1-3H3,(H2,22,23,24);1H. The molecule has 7 nitrogen and oxygen atoms in total. The van der Waals surface area contributed by atoms with Crippen LogP contribution in [0.4, 0.5) is 0 Å². The molecule has 0 aliphatic carbocycles. The third kappa shape index (κ3) is 7.18. The molecule has 8 heteroatoms. The number of aryl methyl sites for hydroxylation is 2. The van der Waals surface area contributed by atoms with Crippen LogP contribution in [-0.2, 0) is 24.9 Å². The highest BCUT2D eigenvalue weighted by atomic mass is 127. The highest BCUT2D eigenvalue weighted by Crippen LogP contribution is 2.23. The first-order chi connectivity index (χ1) is 13.7. The van der Waals surface area contributed by atoms with Crippen molar-refractivity contribution in [3.05, 3.63) is 47.3 Å². The van der Waals surface area contributed by atoms with Gasteiger partial charge in [0.05, 0.1) is 24.9 Å². The monoisotopic (exact) mass is 513 g/mol. The van der Waals surface area contributed by atoms with E-state index >= 15 is 0 Å². The van der Waals surface area contributed by atoms with E-state index in [9.17, 15) is 0 Å². The maximum absolute atomic E-state index is 6.08. The molecule has 0 radical (unpaired) electrons. The summed E-state index contributed by atoms with van der Waals surface area (Å²) in [6, 6.07) is 8.26. The van der Waals surface area contributed by atoms with Crippen LogP contribution in [0.5, 0.6) is 5.75 Å². The lowest BCUT2D eigenvalue weighted by atomic mass is 10.1. The first-order valence-corrected chi connectivity index (χ1v) is 9.98. The Bertz CT molecular complexity index is 787. The molecule has 0 bridgehead atoms. The Morgan fingerprint density at radius 2 is 2.21 bits per heavy atom. The fourth-order valence-electron chi connectivity index (χ4n) is 3.14. The summed E-state index contributed by atoms with van der Waals surface area (Å²) in [5, 5.41) is 10.8. The van der Waals surface area contributed by atoms with Crippen LogP contribution in [0.3, 0.4) is 0 Å². The molecule has 3 rings (SSSR count). The predicted molar refractivity (Wildman–Crippen MR) is 126 cm³/mol. The van der Waals surface area contributed by atoms with Crippen molar-refractivity contribution in [1.82, 2.24) is 20.4 Å². The molecule has 0 amide bonds. The molecule has 2 aromatic rings. The number of aromatic nitrogens is 2. The van der Waals surface area contributed by atoms with E-state index in [1.54, 1.807) is 6.20 Å². The quantitative estimate of drug-likeness (QED) is 0.323. The van der Waals surface area contributed by atoms with Crippen molar-refractivity contribution in [3.63, 3.8) is 0 Å². The summed E-state index contributed by atoms with van der Waals surface area (Å²) in [6.45, 7) is 7.58. The van der Waals surface area contributed by atoms with E-state index in [0.29, 0.717) is 19.7 Å². The van der Waals surface area contributed by atoms with Crippen molar-refractivity contribution in [2.24, 2.45) is 12.0 Å². The van der Waals surface area contributed by atoms with Crippen LogP contribution in [0.25, 0.3) is 0 Å². The van der Waals surface area contributed by atoms with Crippen LogP contribution < -0.4 is 15.4 Å². The normalized spacial score (nSPS) is 16.4. The Hall–Kier alpha value is -1.81. The number of rotatable bonds is 8. The summed E-state index contributed by atoms with van der Waals surface area (Å²) in [7, 11) is 1.94. The molecule has 1 fully saturated rings. The van der Waals surface area contributed by atoms with Gasteiger partial charge < -0.3 is 20.1 Å². The van der Waals surface area contributed by atoms with E-state index in [1.807, 2.05) is 17.8 Å². The molecular formula is C21H32IN5O2. The number of halogens is 1. The van der Waals surface area contributed by atoms with Crippen LogP contribution in [0.15, 0.2) is 35.5 Å². The van der Waals surface area contributed by atoms with Crippen LogP contribution >= 0.6 is 24.0 Å². The Labute approximate surface area is 190 Å². The number of nitrogens with zero attached hydrogens (tertiary/aromatic N) is 3. The minimum absolute atomic E-state index is 0. The first-order valence-electron chi connectivity index (χ1n) is 9.98. The number of aliphatic imine (C=N–C) groups is 1. The largest absolute Gasteiger partial charge is 0.491 e. The summed E-state index contributed by atoms with van der Waals surface area (Å²) in [4.78, 5) is 4.74. The van der Waals surface area contributed by atoms with Gasteiger partial charge in [-0.15, -0.1) is 24.0 Å². The predicted octanol–water partition coefficient (Wildman–Crippen LogP) is 3.16. The van der Waals surface area contributed by atoms with E-state index in [4.69, 9.17) is 14.5 Å². The second kappa shape index (κ2) is 12.0. The van der Waals surface area contributed by atoms with Crippen molar-refractivity contribution < 1.29 is 9.47 Å². The number of benzene rings is 1. The van der Waals surface area contributed by atoms with Gasteiger partial charge in [0.25, 0.3) is 0 Å². The van der Waals surface area contributed by atoms with Crippen molar-refractivity contribution in [2.75, 3.05) is 19.8 Å². The Morgan fingerprint density at radius 3 is 2.90 bits per heavy atom. The molecule has 1 atom stereocenters. The first kappa shape index (κ1) is 23.5. The number of hydrogen-bond acceptors (Lipinski definition) is 4. The van der Waals surface area contributed by atoms with Gasteiger partial charge in [-0.3, -0.25) is 4.68 Å². The number of guanidine groups is 1. The van der Waals surface area contributed by atoms with Gasteiger partial charge in [0.15, 0.2) is 5.96 Å². The van der Waals surface area contributed by atoms with Crippen molar-refractivity contribution in [1.29, 1.82) is 0 Å². The third-order valence-corrected chi connectivity index (χ3v) is 4.78. The molecular weight excluding hydrogens is 481 g/mol. The molecule has 29 heavy (non-hydrogen) atoms. The molecule has 0 saturated carbocycles. The second-order valence-electron chi connectivity index (χ2n) is 7.05. The number of nitrogens with one attached hydrogen (secondary N) is 2. The number of ether oxygens (including phenoxy) is 2. The fourth-order valence-corrected chi connectivity index (χ4v) is 3.14. The van der Waals surface area contributed by atoms with E-state index in [0.717, 1.165) is 49.0 Å². The molecule has 160 valence electrons. The second-order valence-corrected chi connectivity index (χ2v) is 7.05. The highest BCUT2D eigenvalue weighted by molar-refractivity contribution is 14.0. The molecule has 1 unspecified atom stereocenters. The van der Waals surface area contributed by atoms with Gasteiger partial charge in [-0.25, -0.2) is 4.99 Å². The zero-order chi connectivity index (χ0) is 19.8. The summed E-state index contributed by atoms with van der Waals surface area (Å²) in [5.74, 6) is 1.66. The average molecular weight is 513 g/mol. The van der Waals surface area contributed by atoms with Crippen LogP contribution in [-0.4, -0.2) is 41.6 Å². The number of hydrogen-bond donors (Lipinski definition) is 2. The van der Waals surface area contributed by atoms with Crippen LogP contribution in [0.2, 0.25) is 0 Å². The van der Waals surface area contributed by atoms with E-state index in [-0.39, 0.29) is 30.1 Å². The molecule has 2 N–H and O–H groups in total. The van der Waals surface area contributed by atoms with Gasteiger partial charge in [-0.2, -0.15) is 5.10 Å². The van der Waals surface area contributed by atoms with Crippen LogP contribution in [0.1, 0.15) is 36.6 Å². The van der Waals surface area contributed by atoms with Gasteiger partial charge in [0, 0.05) is 32.0 Å². The summed E-state index contributed by atoms with van der Waals surface area (Å²) >= 11 is 0. The van der Waals surface area contributed by atoms with E-state index < -0.39 is 0 Å². The molecule has 1 aliphatic heterocycles. The minimum atomic E-state index is 0. The Morgan fingerprint density at radius 1 is 1.34 bits per heavy atom. The van der Waals surface area contributed by atoms with Crippen molar-refractivity contribution in [3.8, 4) is 5.75 Å². The summed E-state index contributed by atoms with van der Waals surface area (Å²) < 4.78 is 13.6. The lowest BCUT2D eigenvalue weighted by Gasteiger charge is -2.15. The molecule has 1 aromatic carbocycles. The molecule has 1 aromatic heterocycles. The fraction of sp³-hybridized carbons (Fsp3) is 0.524. The zero-order valence-corrected chi connectivity index (χ0v) is 19.8. The van der Waals surface area contributed by atoms with Gasteiger partial charge in [0.2, 0.25) is 0 Å². The van der Waals surface area contributed by atoms with Crippen molar-refractivity contribution >= 4 is 29.9 Å². The third-order valence-electron chi connectivity index (χ3n) is 4.78. The van der Waals surface area contributed by atoms with Gasteiger partial charge in [0.1, 0.15) is 12.4 Å². The lowest BCUT2D eigenvalue weighted by molar-refractivity contribution is 0.0676. The molecule has 1 saturated heterocycles. The summed E-state index contributed by atoms with van der Waals surface area (Å²) in [6.07, 6.45) is 4.19. The van der Waals surface area contributed by atoms with Crippen LogP contribution in [0, 0.1) is 6.92 Å². The minimum Gasteiger partial charge on any atom is -0.491 e.